The van der Waals surface area contributed by atoms with Crippen molar-refractivity contribution >= 4 is 23.9 Å². The zero-order chi connectivity index (χ0) is 19.1. The summed E-state index contributed by atoms with van der Waals surface area (Å²) in [5, 5.41) is 2.78. The van der Waals surface area contributed by atoms with Crippen LogP contribution in [-0.2, 0) is 42.9 Å². The van der Waals surface area contributed by atoms with E-state index in [0.29, 0.717) is 0 Å². The lowest BCUT2D eigenvalue weighted by molar-refractivity contribution is -0.290. The molecule has 1 N–H and O–H groups in total. The lowest BCUT2D eigenvalue weighted by Crippen LogP contribution is -2.62. The third-order valence-electron chi connectivity index (χ3n) is 3.34. The lowest BCUT2D eigenvalue weighted by Gasteiger charge is -2.44. The molecule has 25 heavy (non-hydrogen) atoms. The zero-order valence-corrected chi connectivity index (χ0v) is 14.8. The van der Waals surface area contributed by atoms with Crippen molar-refractivity contribution in [1.29, 1.82) is 0 Å². The van der Waals surface area contributed by atoms with Gasteiger partial charge >= 0.3 is 23.9 Å². The standard InChI is InChI=1S/C15H23NO9/c1-7(17)21-6-11-12(22-8(2)18)14(16-5)25-15(24-10(4)20)13(11)23-9(3)19/h11-16H,6H2,1-5H3. The SMILES string of the molecule is CNC1OC(OC(C)=O)C(OC(C)=O)C(COC(C)=O)C1OC(C)=O. The molecular weight excluding hydrogens is 338 g/mol. The maximum atomic E-state index is 11.5. The van der Waals surface area contributed by atoms with Crippen molar-refractivity contribution in [3.8, 4) is 0 Å². The van der Waals surface area contributed by atoms with E-state index >= 15 is 0 Å². The summed E-state index contributed by atoms with van der Waals surface area (Å²) in [5.74, 6) is -3.31. The Morgan fingerprint density at radius 1 is 0.840 bits per heavy atom. The molecule has 0 spiro atoms. The predicted molar refractivity (Wildman–Crippen MR) is 80.7 cm³/mol. The van der Waals surface area contributed by atoms with E-state index in [0.717, 1.165) is 0 Å². The summed E-state index contributed by atoms with van der Waals surface area (Å²) in [5.41, 5.74) is 0. The third kappa shape index (κ3) is 6.31. The highest BCUT2D eigenvalue weighted by Crippen LogP contribution is 2.31. The number of esters is 4. The lowest BCUT2D eigenvalue weighted by atomic mass is 9.91. The molecule has 0 aromatic rings. The van der Waals surface area contributed by atoms with E-state index in [9.17, 15) is 19.2 Å². The molecule has 1 aliphatic rings. The van der Waals surface area contributed by atoms with Crippen molar-refractivity contribution < 1.29 is 42.9 Å². The number of ether oxygens (including phenoxy) is 5. The van der Waals surface area contributed by atoms with E-state index in [2.05, 4.69) is 5.32 Å². The van der Waals surface area contributed by atoms with Gasteiger partial charge < -0.3 is 23.7 Å². The Bertz CT molecular complexity index is 521. The van der Waals surface area contributed by atoms with E-state index in [1.165, 1.54) is 27.7 Å². The molecule has 1 saturated heterocycles. The molecular formula is C15H23NO9. The van der Waals surface area contributed by atoms with Gasteiger partial charge in [-0.3, -0.25) is 24.5 Å². The van der Waals surface area contributed by atoms with Crippen LogP contribution in [0.2, 0.25) is 0 Å². The minimum absolute atomic E-state index is 0.232. The van der Waals surface area contributed by atoms with Crippen LogP contribution < -0.4 is 5.32 Å². The molecule has 1 rings (SSSR count). The molecule has 1 aliphatic heterocycles. The van der Waals surface area contributed by atoms with Crippen LogP contribution in [0.3, 0.4) is 0 Å². The summed E-state index contributed by atoms with van der Waals surface area (Å²) < 4.78 is 26.1. The Labute approximate surface area is 145 Å². The minimum atomic E-state index is -1.26. The Kier molecular flexibility index (Phi) is 7.78. The Morgan fingerprint density at radius 2 is 1.36 bits per heavy atom. The number of carbonyl (C=O) groups is 4. The summed E-state index contributed by atoms with van der Waals surface area (Å²) in [6.45, 7) is 4.51. The monoisotopic (exact) mass is 361 g/mol. The van der Waals surface area contributed by atoms with Gasteiger partial charge in [-0.25, -0.2) is 0 Å². The molecule has 10 nitrogen and oxygen atoms in total. The summed E-state index contributed by atoms with van der Waals surface area (Å²) >= 11 is 0. The quantitative estimate of drug-likeness (QED) is 0.488. The van der Waals surface area contributed by atoms with Crippen LogP contribution in [-0.4, -0.2) is 62.3 Å². The molecule has 0 saturated carbocycles. The van der Waals surface area contributed by atoms with E-state index < -0.39 is 54.5 Å². The number of rotatable bonds is 6. The molecule has 0 aromatic heterocycles. The second-order valence-electron chi connectivity index (χ2n) is 5.44. The normalized spacial score (nSPS) is 28.6. The van der Waals surface area contributed by atoms with Crippen LogP contribution in [0.25, 0.3) is 0 Å². The summed E-state index contributed by atoms with van der Waals surface area (Å²) in [6, 6.07) is 0. The van der Waals surface area contributed by atoms with Gasteiger partial charge in [0.25, 0.3) is 0 Å². The van der Waals surface area contributed by atoms with Crippen LogP contribution in [0, 0.1) is 5.92 Å². The van der Waals surface area contributed by atoms with Crippen LogP contribution in [0.4, 0.5) is 0 Å². The number of likely N-dealkylation sites (N-methyl/N-ethyl adjacent to an activating group) is 1. The smallest absolute Gasteiger partial charge is 0.305 e. The first-order valence-corrected chi connectivity index (χ1v) is 7.63. The fraction of sp³-hybridized carbons (Fsp3) is 0.733. The van der Waals surface area contributed by atoms with Crippen molar-refractivity contribution in [2.75, 3.05) is 13.7 Å². The number of nitrogens with one attached hydrogen (secondary N) is 1. The predicted octanol–water partition coefficient (Wildman–Crippen LogP) is -0.506. The van der Waals surface area contributed by atoms with Crippen molar-refractivity contribution in [1.82, 2.24) is 5.32 Å². The van der Waals surface area contributed by atoms with Gasteiger partial charge in [-0.2, -0.15) is 0 Å². The molecule has 142 valence electrons. The van der Waals surface area contributed by atoms with Crippen molar-refractivity contribution in [3.05, 3.63) is 0 Å². The van der Waals surface area contributed by atoms with Gasteiger partial charge in [0.1, 0.15) is 12.8 Å². The maximum Gasteiger partial charge on any atom is 0.305 e. The minimum Gasteiger partial charge on any atom is -0.465 e. The molecule has 0 amide bonds. The number of hydrogen-bond acceptors (Lipinski definition) is 10. The van der Waals surface area contributed by atoms with Gasteiger partial charge in [-0.15, -0.1) is 0 Å². The zero-order valence-electron chi connectivity index (χ0n) is 14.8. The second kappa shape index (κ2) is 9.33. The molecule has 1 fully saturated rings. The third-order valence-corrected chi connectivity index (χ3v) is 3.34. The average molecular weight is 361 g/mol. The molecule has 0 bridgehead atoms. The van der Waals surface area contributed by atoms with E-state index in [4.69, 9.17) is 23.7 Å². The summed E-state index contributed by atoms with van der Waals surface area (Å²) in [4.78, 5) is 45.4. The highest BCUT2D eigenvalue weighted by atomic mass is 16.7. The van der Waals surface area contributed by atoms with Crippen molar-refractivity contribution in [2.24, 2.45) is 5.92 Å². The second-order valence-corrected chi connectivity index (χ2v) is 5.44. The van der Waals surface area contributed by atoms with Crippen molar-refractivity contribution in [3.63, 3.8) is 0 Å². The average Bonchev–Trinajstić information content (AvgIpc) is 2.47. The topological polar surface area (TPSA) is 126 Å². The molecule has 0 aromatic carbocycles. The number of hydrogen-bond donors (Lipinski definition) is 1. The summed E-state index contributed by atoms with van der Waals surface area (Å²) in [7, 11) is 1.54. The van der Waals surface area contributed by atoms with Crippen LogP contribution in [0.1, 0.15) is 27.7 Å². The fourth-order valence-corrected chi connectivity index (χ4v) is 2.48. The van der Waals surface area contributed by atoms with Gasteiger partial charge in [0.2, 0.25) is 6.29 Å². The van der Waals surface area contributed by atoms with Crippen LogP contribution in [0.5, 0.6) is 0 Å². The number of carbonyl (C=O) groups excluding carboxylic acids is 4. The van der Waals surface area contributed by atoms with Gasteiger partial charge in [0.15, 0.2) is 12.2 Å². The van der Waals surface area contributed by atoms with Gasteiger partial charge in [-0.05, 0) is 7.05 Å². The first kappa shape index (κ1) is 20.8. The maximum absolute atomic E-state index is 11.5. The van der Waals surface area contributed by atoms with E-state index in [1.807, 2.05) is 0 Å². The van der Waals surface area contributed by atoms with Crippen LogP contribution >= 0.6 is 0 Å². The fourth-order valence-electron chi connectivity index (χ4n) is 2.48. The highest BCUT2D eigenvalue weighted by Gasteiger charge is 2.51. The largest absolute Gasteiger partial charge is 0.465 e. The first-order chi connectivity index (χ1) is 11.6. The Balaban J connectivity index is 3.20. The van der Waals surface area contributed by atoms with Crippen LogP contribution in [0.15, 0.2) is 0 Å². The molecule has 5 atom stereocenters. The Morgan fingerprint density at radius 3 is 1.80 bits per heavy atom. The van der Waals surface area contributed by atoms with Gasteiger partial charge in [0, 0.05) is 27.7 Å². The van der Waals surface area contributed by atoms with Crippen molar-refractivity contribution in [2.45, 2.75) is 52.4 Å². The summed E-state index contributed by atoms with van der Waals surface area (Å²) in [6.07, 6.45) is -4.21. The van der Waals surface area contributed by atoms with E-state index in [1.54, 1.807) is 7.05 Å². The molecule has 1 heterocycles. The molecule has 0 radical (unpaired) electrons. The highest BCUT2D eigenvalue weighted by molar-refractivity contribution is 5.68. The first-order valence-electron chi connectivity index (χ1n) is 7.63. The van der Waals surface area contributed by atoms with Gasteiger partial charge in [0.05, 0.1) is 5.92 Å². The Hall–Kier alpha value is -2.20. The molecule has 0 aliphatic carbocycles. The van der Waals surface area contributed by atoms with Gasteiger partial charge in [-0.1, -0.05) is 0 Å². The molecule has 10 heteroatoms. The van der Waals surface area contributed by atoms with E-state index in [-0.39, 0.29) is 6.61 Å². The molecule has 5 unspecified atom stereocenters.